The zero-order chi connectivity index (χ0) is 13.4. The summed E-state index contributed by atoms with van der Waals surface area (Å²) >= 11 is 0. The topological polar surface area (TPSA) is 57.6 Å². The van der Waals surface area contributed by atoms with Crippen molar-refractivity contribution in [2.45, 2.75) is 32.4 Å². The third-order valence-corrected chi connectivity index (χ3v) is 4.28. The molecule has 1 aromatic rings. The molecule has 1 heterocycles. The second-order valence-corrected chi connectivity index (χ2v) is 5.51. The standard InChI is InChI=1S/C15H17NO3/c17-14(10-5-6-11(7-10)15(18)19)16-8-12-3-1-2-4-13(12)9-16/h1-4,10-11H,5-9H2,(H,18,19)/t10-,11+/m0/s1. The molecule has 0 unspecified atom stereocenters. The van der Waals surface area contributed by atoms with Crippen LogP contribution in [0.15, 0.2) is 24.3 Å². The van der Waals surface area contributed by atoms with Crippen molar-refractivity contribution in [2.75, 3.05) is 0 Å². The van der Waals surface area contributed by atoms with Gasteiger partial charge < -0.3 is 10.0 Å². The lowest BCUT2D eigenvalue weighted by molar-refractivity contribution is -0.141. The molecule has 100 valence electrons. The van der Waals surface area contributed by atoms with Crippen LogP contribution in [0.25, 0.3) is 0 Å². The normalized spacial score (nSPS) is 25.4. The van der Waals surface area contributed by atoms with Crippen molar-refractivity contribution >= 4 is 11.9 Å². The molecular formula is C15H17NO3. The molecule has 3 rings (SSSR count). The molecule has 0 spiro atoms. The summed E-state index contributed by atoms with van der Waals surface area (Å²) in [6, 6.07) is 8.08. The van der Waals surface area contributed by atoms with Crippen LogP contribution in [0.1, 0.15) is 30.4 Å². The first-order valence-electron chi connectivity index (χ1n) is 6.73. The monoisotopic (exact) mass is 259 g/mol. The predicted octanol–water partition coefficient (Wildman–Crippen LogP) is 2.03. The first kappa shape index (κ1) is 12.2. The van der Waals surface area contributed by atoms with E-state index >= 15 is 0 Å². The Balaban J connectivity index is 1.66. The number of carboxylic acid groups (broad SMARTS) is 1. The molecular weight excluding hydrogens is 242 g/mol. The number of benzene rings is 1. The van der Waals surface area contributed by atoms with E-state index in [-0.39, 0.29) is 17.7 Å². The number of fused-ring (bicyclic) bond motifs is 1. The zero-order valence-corrected chi connectivity index (χ0v) is 10.7. The van der Waals surface area contributed by atoms with Crippen molar-refractivity contribution in [1.29, 1.82) is 0 Å². The van der Waals surface area contributed by atoms with Crippen molar-refractivity contribution in [3.05, 3.63) is 35.4 Å². The van der Waals surface area contributed by atoms with Crippen molar-refractivity contribution in [1.82, 2.24) is 4.90 Å². The van der Waals surface area contributed by atoms with Gasteiger partial charge in [0.25, 0.3) is 0 Å². The van der Waals surface area contributed by atoms with E-state index in [1.165, 1.54) is 11.1 Å². The second kappa shape index (κ2) is 4.68. The molecule has 1 saturated carbocycles. The van der Waals surface area contributed by atoms with Crippen LogP contribution >= 0.6 is 0 Å². The summed E-state index contributed by atoms with van der Waals surface area (Å²) < 4.78 is 0. The fourth-order valence-electron chi connectivity index (χ4n) is 3.18. The number of hydrogen-bond acceptors (Lipinski definition) is 2. The number of rotatable bonds is 2. The first-order valence-corrected chi connectivity index (χ1v) is 6.73. The van der Waals surface area contributed by atoms with Gasteiger partial charge in [-0.1, -0.05) is 24.3 Å². The Morgan fingerprint density at radius 1 is 1.05 bits per heavy atom. The van der Waals surface area contributed by atoms with Crippen LogP contribution in [0.5, 0.6) is 0 Å². The number of amides is 1. The summed E-state index contributed by atoms with van der Waals surface area (Å²) in [6.07, 6.45) is 1.84. The van der Waals surface area contributed by atoms with Crippen molar-refractivity contribution in [3.63, 3.8) is 0 Å². The lowest BCUT2D eigenvalue weighted by Crippen LogP contribution is -2.31. The Morgan fingerprint density at radius 2 is 1.63 bits per heavy atom. The van der Waals surface area contributed by atoms with E-state index in [0.29, 0.717) is 32.4 Å². The van der Waals surface area contributed by atoms with Crippen molar-refractivity contribution in [3.8, 4) is 0 Å². The maximum absolute atomic E-state index is 12.4. The van der Waals surface area contributed by atoms with E-state index < -0.39 is 5.97 Å². The molecule has 19 heavy (non-hydrogen) atoms. The molecule has 2 aliphatic rings. The third kappa shape index (κ3) is 2.23. The van der Waals surface area contributed by atoms with E-state index in [1.807, 2.05) is 17.0 Å². The number of carbonyl (C=O) groups excluding carboxylic acids is 1. The summed E-state index contributed by atoms with van der Waals surface area (Å²) in [7, 11) is 0. The molecule has 0 bridgehead atoms. The summed E-state index contributed by atoms with van der Waals surface area (Å²) in [4.78, 5) is 25.2. The fraction of sp³-hybridized carbons (Fsp3) is 0.467. The molecule has 1 aliphatic heterocycles. The molecule has 0 radical (unpaired) electrons. The number of hydrogen-bond donors (Lipinski definition) is 1. The number of carboxylic acids is 1. The second-order valence-electron chi connectivity index (χ2n) is 5.51. The van der Waals surface area contributed by atoms with Crippen LogP contribution < -0.4 is 0 Å². The van der Waals surface area contributed by atoms with Gasteiger partial charge in [0.15, 0.2) is 0 Å². The van der Waals surface area contributed by atoms with Gasteiger partial charge >= 0.3 is 5.97 Å². The van der Waals surface area contributed by atoms with Crippen LogP contribution in [0.3, 0.4) is 0 Å². The molecule has 1 fully saturated rings. The van der Waals surface area contributed by atoms with Gasteiger partial charge in [-0.05, 0) is 30.4 Å². The summed E-state index contributed by atoms with van der Waals surface area (Å²) in [5, 5.41) is 9.00. The van der Waals surface area contributed by atoms with E-state index in [1.54, 1.807) is 0 Å². The van der Waals surface area contributed by atoms with E-state index in [0.717, 1.165) is 0 Å². The number of nitrogens with zero attached hydrogens (tertiary/aromatic N) is 1. The highest BCUT2D eigenvalue weighted by Crippen LogP contribution is 2.34. The molecule has 1 amide bonds. The molecule has 1 N–H and O–H groups in total. The van der Waals surface area contributed by atoms with Gasteiger partial charge in [0, 0.05) is 19.0 Å². The lowest BCUT2D eigenvalue weighted by atomic mass is 10.0. The maximum atomic E-state index is 12.4. The van der Waals surface area contributed by atoms with Gasteiger partial charge in [-0.3, -0.25) is 9.59 Å². The van der Waals surface area contributed by atoms with Crippen LogP contribution in [0.4, 0.5) is 0 Å². The summed E-state index contributed by atoms with van der Waals surface area (Å²) in [5.74, 6) is -1.07. The Hall–Kier alpha value is -1.84. The minimum Gasteiger partial charge on any atom is -0.481 e. The van der Waals surface area contributed by atoms with E-state index in [2.05, 4.69) is 12.1 Å². The SMILES string of the molecule is O=C(O)[C@@H]1CC[C@H](C(=O)N2Cc3ccccc3C2)C1. The van der Waals surface area contributed by atoms with Crippen LogP contribution in [-0.4, -0.2) is 21.9 Å². The Bertz CT molecular complexity index is 501. The van der Waals surface area contributed by atoms with Crippen LogP contribution in [0, 0.1) is 11.8 Å². The maximum Gasteiger partial charge on any atom is 0.306 e. The highest BCUT2D eigenvalue weighted by atomic mass is 16.4. The Morgan fingerprint density at radius 3 is 2.16 bits per heavy atom. The van der Waals surface area contributed by atoms with Gasteiger partial charge in [-0.25, -0.2) is 0 Å². The van der Waals surface area contributed by atoms with Crippen molar-refractivity contribution < 1.29 is 14.7 Å². The predicted molar refractivity (Wildman–Crippen MR) is 69.2 cm³/mol. The Kier molecular flexibility index (Phi) is 3.01. The first-order chi connectivity index (χ1) is 9.15. The largest absolute Gasteiger partial charge is 0.481 e. The van der Waals surface area contributed by atoms with Gasteiger partial charge in [0.05, 0.1) is 5.92 Å². The van der Waals surface area contributed by atoms with Gasteiger partial charge in [-0.2, -0.15) is 0 Å². The lowest BCUT2D eigenvalue weighted by Gasteiger charge is -2.19. The smallest absolute Gasteiger partial charge is 0.306 e. The van der Waals surface area contributed by atoms with E-state index in [4.69, 9.17) is 5.11 Å². The molecule has 0 aromatic heterocycles. The molecule has 4 nitrogen and oxygen atoms in total. The van der Waals surface area contributed by atoms with Crippen LogP contribution in [0.2, 0.25) is 0 Å². The molecule has 4 heteroatoms. The van der Waals surface area contributed by atoms with Crippen LogP contribution in [-0.2, 0) is 22.7 Å². The van der Waals surface area contributed by atoms with E-state index in [9.17, 15) is 9.59 Å². The quantitative estimate of drug-likeness (QED) is 0.884. The highest BCUT2D eigenvalue weighted by molar-refractivity contribution is 5.81. The molecule has 1 aliphatic carbocycles. The molecule has 0 saturated heterocycles. The van der Waals surface area contributed by atoms with Gasteiger partial charge in [0.2, 0.25) is 5.91 Å². The molecule has 1 aromatic carbocycles. The number of aliphatic carboxylic acids is 1. The zero-order valence-electron chi connectivity index (χ0n) is 10.7. The average molecular weight is 259 g/mol. The Labute approximate surface area is 112 Å². The summed E-state index contributed by atoms with van der Waals surface area (Å²) in [5.41, 5.74) is 2.42. The average Bonchev–Trinajstić information content (AvgIpc) is 3.04. The minimum atomic E-state index is -0.764. The highest BCUT2D eigenvalue weighted by Gasteiger charge is 2.37. The number of carbonyl (C=O) groups is 2. The third-order valence-electron chi connectivity index (χ3n) is 4.28. The van der Waals surface area contributed by atoms with Gasteiger partial charge in [0.1, 0.15) is 0 Å². The summed E-state index contributed by atoms with van der Waals surface area (Å²) in [6.45, 7) is 1.34. The van der Waals surface area contributed by atoms with Crippen molar-refractivity contribution in [2.24, 2.45) is 11.8 Å². The van der Waals surface area contributed by atoms with Gasteiger partial charge in [-0.15, -0.1) is 0 Å². The molecule has 2 atom stereocenters. The minimum absolute atomic E-state index is 0.101. The fourth-order valence-corrected chi connectivity index (χ4v) is 3.18.